The van der Waals surface area contributed by atoms with Crippen LogP contribution in [-0.4, -0.2) is 60.0 Å². The van der Waals surface area contributed by atoms with Crippen LogP contribution in [0.2, 0.25) is 0 Å². The van der Waals surface area contributed by atoms with E-state index in [1.807, 2.05) is 42.5 Å². The summed E-state index contributed by atoms with van der Waals surface area (Å²) in [5, 5.41) is 5.49. The molecule has 2 aromatic rings. The van der Waals surface area contributed by atoms with Gasteiger partial charge in [0.25, 0.3) is 5.91 Å². The van der Waals surface area contributed by atoms with Crippen molar-refractivity contribution in [1.29, 1.82) is 0 Å². The van der Waals surface area contributed by atoms with E-state index in [-0.39, 0.29) is 17.8 Å². The molecule has 0 aliphatic carbocycles. The number of rotatable bonds is 14. The highest BCUT2D eigenvalue weighted by Gasteiger charge is 2.48. The number of ether oxygens (including phenoxy) is 1. The number of aliphatic imine (C=N–C) groups is 1. The van der Waals surface area contributed by atoms with E-state index in [0.29, 0.717) is 51.1 Å². The van der Waals surface area contributed by atoms with Gasteiger partial charge in [-0.2, -0.15) is 0 Å². The Morgan fingerprint density at radius 1 is 1.08 bits per heavy atom. The van der Waals surface area contributed by atoms with Crippen LogP contribution in [0.1, 0.15) is 57.1 Å². The second-order valence-electron chi connectivity index (χ2n) is 10.2. The predicted molar refractivity (Wildman–Crippen MR) is 150 cm³/mol. The fourth-order valence-corrected chi connectivity index (χ4v) is 4.61. The molecule has 0 saturated heterocycles. The molecule has 1 aliphatic heterocycles. The molecule has 210 valence electrons. The summed E-state index contributed by atoms with van der Waals surface area (Å²) in [6, 6.07) is 12.6. The summed E-state index contributed by atoms with van der Waals surface area (Å²) in [4.78, 5) is 48.5. The molecule has 0 bridgehead atoms. The van der Waals surface area contributed by atoms with E-state index in [1.54, 1.807) is 17.3 Å². The maximum Gasteiger partial charge on any atom is 0.407 e. The highest BCUT2D eigenvalue weighted by atomic mass is 16.5. The number of aryl methyl sites for hydroxylation is 1. The van der Waals surface area contributed by atoms with Gasteiger partial charge in [-0.25, -0.2) is 9.79 Å². The van der Waals surface area contributed by atoms with Gasteiger partial charge >= 0.3 is 6.09 Å². The van der Waals surface area contributed by atoms with Gasteiger partial charge in [-0.3, -0.25) is 19.5 Å². The van der Waals surface area contributed by atoms with Crippen molar-refractivity contribution in [2.75, 3.05) is 20.2 Å². The van der Waals surface area contributed by atoms with Crippen molar-refractivity contribution < 1.29 is 19.1 Å². The maximum atomic E-state index is 13.6. The van der Waals surface area contributed by atoms with Crippen molar-refractivity contribution in [3.63, 3.8) is 0 Å². The average molecular weight is 537 g/mol. The summed E-state index contributed by atoms with van der Waals surface area (Å²) in [7, 11) is 1.26. The molecular formula is C29H40N6O4. The zero-order valence-electron chi connectivity index (χ0n) is 23.1. The summed E-state index contributed by atoms with van der Waals surface area (Å²) in [5.41, 5.74) is 7.14. The number of amides is 3. The molecule has 10 heteroatoms. The topological polar surface area (TPSA) is 139 Å². The van der Waals surface area contributed by atoms with Crippen LogP contribution in [0, 0.1) is 5.92 Å². The van der Waals surface area contributed by atoms with E-state index in [1.165, 1.54) is 7.11 Å². The predicted octanol–water partition coefficient (Wildman–Crippen LogP) is 3.12. The molecule has 3 amide bonds. The van der Waals surface area contributed by atoms with Crippen LogP contribution >= 0.6 is 0 Å². The number of nitrogens with two attached hydrogens (primary N) is 1. The fourth-order valence-electron chi connectivity index (χ4n) is 4.61. The third-order valence-electron chi connectivity index (χ3n) is 6.89. The van der Waals surface area contributed by atoms with Crippen molar-refractivity contribution in [2.45, 2.75) is 64.0 Å². The molecule has 10 nitrogen and oxygen atoms in total. The van der Waals surface area contributed by atoms with Gasteiger partial charge in [0.1, 0.15) is 6.04 Å². The summed E-state index contributed by atoms with van der Waals surface area (Å²) < 4.78 is 4.68. The van der Waals surface area contributed by atoms with Gasteiger partial charge in [0.05, 0.1) is 7.11 Å². The number of aromatic nitrogens is 1. The first-order valence-corrected chi connectivity index (χ1v) is 13.5. The second kappa shape index (κ2) is 14.3. The Bertz CT molecular complexity index is 1130. The van der Waals surface area contributed by atoms with E-state index < -0.39 is 17.7 Å². The van der Waals surface area contributed by atoms with E-state index in [2.05, 4.69) is 34.2 Å². The summed E-state index contributed by atoms with van der Waals surface area (Å²) in [6.45, 7) is 5.05. The largest absolute Gasteiger partial charge is 0.453 e. The number of methoxy groups -OCH3 is 1. The number of hydrogen-bond acceptors (Lipinski definition) is 7. The van der Waals surface area contributed by atoms with E-state index in [4.69, 9.17) is 10.7 Å². The van der Waals surface area contributed by atoms with E-state index in [0.717, 1.165) is 17.5 Å². The molecule has 0 saturated carbocycles. The summed E-state index contributed by atoms with van der Waals surface area (Å²) in [6.07, 6.45) is 6.42. The normalized spacial score (nSPS) is 17.6. The summed E-state index contributed by atoms with van der Waals surface area (Å²) >= 11 is 0. The number of nitrogens with zero attached hydrogens (tertiary/aromatic N) is 3. The number of alkyl carbamates (subject to hydrolysis) is 1. The Labute approximate surface area is 230 Å². The Balaban J connectivity index is 1.53. The SMILES string of the molecule is COC(=O)N[C@@H](CCc1ccncc1)C(=O)NCCCCN1C(=O)C(CCC(C)C)(c2ccccc2)N=C1N. The molecule has 1 aliphatic rings. The molecule has 1 aromatic heterocycles. The first kappa shape index (κ1) is 29.6. The van der Waals surface area contributed by atoms with Gasteiger partial charge in [-0.15, -0.1) is 0 Å². The van der Waals surface area contributed by atoms with Gasteiger partial charge in [0.15, 0.2) is 11.5 Å². The van der Waals surface area contributed by atoms with Gasteiger partial charge in [-0.1, -0.05) is 44.2 Å². The van der Waals surface area contributed by atoms with Crippen molar-refractivity contribution in [3.8, 4) is 0 Å². The molecule has 0 radical (unpaired) electrons. The molecule has 0 spiro atoms. The lowest BCUT2D eigenvalue weighted by Gasteiger charge is -2.27. The molecule has 2 atom stereocenters. The van der Waals surface area contributed by atoms with E-state index >= 15 is 0 Å². The Morgan fingerprint density at radius 2 is 1.79 bits per heavy atom. The monoisotopic (exact) mass is 536 g/mol. The molecule has 1 unspecified atom stereocenters. The average Bonchev–Trinajstić information content (AvgIpc) is 3.19. The lowest BCUT2D eigenvalue weighted by Crippen LogP contribution is -2.47. The zero-order chi connectivity index (χ0) is 28.3. The molecule has 3 rings (SSSR count). The number of benzene rings is 1. The van der Waals surface area contributed by atoms with Gasteiger partial charge < -0.3 is 21.1 Å². The number of guanidine groups is 1. The maximum absolute atomic E-state index is 13.6. The minimum Gasteiger partial charge on any atom is -0.453 e. The van der Waals surface area contributed by atoms with Crippen molar-refractivity contribution in [2.24, 2.45) is 16.6 Å². The van der Waals surface area contributed by atoms with Crippen molar-refractivity contribution in [1.82, 2.24) is 20.5 Å². The minimum absolute atomic E-state index is 0.102. The van der Waals surface area contributed by atoms with E-state index in [9.17, 15) is 14.4 Å². The second-order valence-corrected chi connectivity index (χ2v) is 10.2. The van der Waals surface area contributed by atoms with Crippen LogP contribution in [0.25, 0.3) is 0 Å². The molecule has 0 fully saturated rings. The van der Waals surface area contributed by atoms with Crippen LogP contribution in [0.15, 0.2) is 59.9 Å². The van der Waals surface area contributed by atoms with Crippen LogP contribution in [-0.2, 0) is 26.3 Å². The molecule has 1 aromatic carbocycles. The molecular weight excluding hydrogens is 496 g/mol. The Hall–Kier alpha value is -3.95. The first-order chi connectivity index (χ1) is 18.8. The third-order valence-corrected chi connectivity index (χ3v) is 6.89. The quantitative estimate of drug-likeness (QED) is 0.317. The zero-order valence-corrected chi connectivity index (χ0v) is 23.1. The summed E-state index contributed by atoms with van der Waals surface area (Å²) in [5.74, 6) is 0.267. The number of carbonyl (C=O) groups excluding carboxylic acids is 3. The van der Waals surface area contributed by atoms with Gasteiger partial charge in [0, 0.05) is 25.5 Å². The number of hydrogen-bond donors (Lipinski definition) is 3. The van der Waals surface area contributed by atoms with Crippen LogP contribution in [0.5, 0.6) is 0 Å². The smallest absolute Gasteiger partial charge is 0.407 e. The van der Waals surface area contributed by atoms with Crippen LogP contribution in [0.3, 0.4) is 0 Å². The number of carbonyl (C=O) groups is 3. The number of nitrogens with one attached hydrogen (secondary N) is 2. The molecule has 2 heterocycles. The highest BCUT2D eigenvalue weighted by Crippen LogP contribution is 2.38. The Kier molecular flexibility index (Phi) is 10.8. The molecule has 39 heavy (non-hydrogen) atoms. The third kappa shape index (κ3) is 8.02. The lowest BCUT2D eigenvalue weighted by atomic mass is 9.83. The Morgan fingerprint density at radius 3 is 2.46 bits per heavy atom. The van der Waals surface area contributed by atoms with Gasteiger partial charge in [-0.05, 0) is 67.7 Å². The van der Waals surface area contributed by atoms with Crippen LogP contribution in [0.4, 0.5) is 4.79 Å². The molecule has 4 N–H and O–H groups in total. The van der Waals surface area contributed by atoms with Crippen molar-refractivity contribution in [3.05, 3.63) is 66.0 Å². The highest BCUT2D eigenvalue weighted by molar-refractivity contribution is 6.07. The van der Waals surface area contributed by atoms with Gasteiger partial charge in [0.2, 0.25) is 5.91 Å². The standard InChI is InChI=1S/C29H40N6O4/c1-21(2)13-16-29(23-9-5-4-6-10-23)26(37)35(27(30)34-29)20-8-7-17-32-25(36)24(33-28(38)39-3)12-11-22-14-18-31-19-15-22/h4-6,9-10,14-15,18-19,21,24H,7-8,11-13,16-17,20H2,1-3H3,(H2,30,34)(H,32,36)(H,33,38)/t24-,29?/m0/s1. The lowest BCUT2D eigenvalue weighted by molar-refractivity contribution is -0.132. The van der Waals surface area contributed by atoms with Crippen molar-refractivity contribution >= 4 is 23.9 Å². The minimum atomic E-state index is -0.995. The van der Waals surface area contributed by atoms with Crippen LogP contribution < -0.4 is 16.4 Å². The first-order valence-electron chi connectivity index (χ1n) is 13.5. The fraction of sp³-hybridized carbons (Fsp3) is 0.483. The number of pyridine rings is 1. The number of unbranched alkanes of at least 4 members (excludes halogenated alkanes) is 1.